The molecule has 1 aliphatic carbocycles. The molecule has 0 bridgehead atoms. The predicted molar refractivity (Wildman–Crippen MR) is 130 cm³/mol. The van der Waals surface area contributed by atoms with E-state index in [0.29, 0.717) is 11.2 Å². The van der Waals surface area contributed by atoms with Gasteiger partial charge >= 0.3 is 0 Å². The molecule has 1 aromatic carbocycles. The van der Waals surface area contributed by atoms with Crippen LogP contribution in [0.2, 0.25) is 0 Å². The van der Waals surface area contributed by atoms with Crippen LogP contribution >= 0.6 is 0 Å². The molecule has 2 aliphatic rings. The molecule has 2 unspecified atom stereocenters. The lowest BCUT2D eigenvalue weighted by Gasteiger charge is -2.27. The Morgan fingerprint density at radius 3 is 2.50 bits per heavy atom. The molecule has 5 rings (SSSR count). The highest BCUT2D eigenvalue weighted by Gasteiger charge is 2.29. The molecule has 0 spiro atoms. The van der Waals surface area contributed by atoms with Crippen LogP contribution < -0.4 is 0 Å². The Labute approximate surface area is 192 Å². The first-order valence-corrected chi connectivity index (χ1v) is 12.8. The van der Waals surface area contributed by atoms with Gasteiger partial charge in [0.05, 0.1) is 22.2 Å². The molecular weight excluding hydrogens is 416 g/mol. The van der Waals surface area contributed by atoms with Crippen molar-refractivity contribution >= 4 is 16.9 Å². The first-order chi connectivity index (χ1) is 15.7. The normalized spacial score (nSPS) is 18.9. The molecule has 3 aromatic rings. The van der Waals surface area contributed by atoms with E-state index in [4.69, 9.17) is 4.74 Å². The van der Waals surface area contributed by atoms with Gasteiger partial charge in [0.1, 0.15) is 0 Å². The lowest BCUT2D eigenvalue weighted by molar-refractivity contribution is 0.0626. The summed E-state index contributed by atoms with van der Waals surface area (Å²) >= 11 is 0. The minimum absolute atomic E-state index is 0.266. The number of hydrogen-bond acceptors (Lipinski definition) is 3. The van der Waals surface area contributed by atoms with Crippen molar-refractivity contribution in [2.75, 3.05) is 13.2 Å². The van der Waals surface area contributed by atoms with E-state index in [9.17, 15) is 4.21 Å². The number of benzene rings is 1. The van der Waals surface area contributed by atoms with Crippen LogP contribution in [-0.2, 0) is 15.5 Å². The molecule has 1 saturated carbocycles. The number of H-pyrrole nitrogens is 1. The van der Waals surface area contributed by atoms with E-state index >= 15 is 0 Å². The quantitative estimate of drug-likeness (QED) is 0.466. The van der Waals surface area contributed by atoms with Crippen molar-refractivity contribution in [2.24, 2.45) is 5.92 Å². The van der Waals surface area contributed by atoms with Crippen molar-refractivity contribution in [1.82, 2.24) is 9.97 Å². The van der Waals surface area contributed by atoms with E-state index in [1.807, 2.05) is 18.3 Å². The van der Waals surface area contributed by atoms with Gasteiger partial charge in [-0.15, -0.1) is 0 Å². The Bertz CT molecular complexity index is 1080. The molecule has 2 fully saturated rings. The molecule has 1 saturated heterocycles. The topological polar surface area (TPSA) is 55.0 Å². The van der Waals surface area contributed by atoms with Crippen molar-refractivity contribution in [2.45, 2.75) is 48.2 Å². The van der Waals surface area contributed by atoms with Crippen LogP contribution in [0.1, 0.15) is 54.8 Å². The van der Waals surface area contributed by atoms with Crippen molar-refractivity contribution in [3.63, 3.8) is 0 Å². The van der Waals surface area contributed by atoms with Gasteiger partial charge < -0.3 is 9.72 Å². The maximum absolute atomic E-state index is 12.6. The summed E-state index contributed by atoms with van der Waals surface area (Å²) in [6, 6.07) is 16.9. The molecule has 32 heavy (non-hydrogen) atoms. The van der Waals surface area contributed by atoms with Crippen LogP contribution in [0.3, 0.4) is 0 Å². The fourth-order valence-electron chi connectivity index (χ4n) is 4.52. The maximum atomic E-state index is 12.6. The van der Waals surface area contributed by atoms with Gasteiger partial charge in [0.15, 0.2) is 0 Å². The predicted octanol–water partition coefficient (Wildman–Crippen LogP) is 5.94. The largest absolute Gasteiger partial charge is 0.381 e. The highest BCUT2D eigenvalue weighted by atomic mass is 32.2. The number of ether oxygens (including phenoxy) is 1. The summed E-state index contributed by atoms with van der Waals surface area (Å²) in [4.78, 5) is 9.18. The fraction of sp³-hybridized carbons (Fsp3) is 0.370. The van der Waals surface area contributed by atoms with Crippen LogP contribution in [0.25, 0.3) is 17.5 Å². The van der Waals surface area contributed by atoms with E-state index < -0.39 is 10.8 Å². The number of pyridine rings is 1. The van der Waals surface area contributed by atoms with Crippen LogP contribution in [0.4, 0.5) is 0 Å². The Balaban J connectivity index is 1.42. The zero-order chi connectivity index (χ0) is 21.9. The SMILES string of the molecule is C=Cc1ccc(-c2ccc(C(CC3CCOCC3)c3ccc(S(=O)C4CC4)cc3)[nH]2)nc1. The smallest absolute Gasteiger partial charge is 0.0864 e. The number of nitrogens with zero attached hydrogens (tertiary/aromatic N) is 1. The van der Waals surface area contributed by atoms with E-state index in [-0.39, 0.29) is 5.92 Å². The Morgan fingerprint density at radius 2 is 1.84 bits per heavy atom. The second-order valence-corrected chi connectivity index (χ2v) is 10.7. The fourth-order valence-corrected chi connectivity index (χ4v) is 5.87. The Kier molecular flexibility index (Phi) is 6.37. The van der Waals surface area contributed by atoms with Gasteiger partial charge in [-0.3, -0.25) is 9.19 Å². The van der Waals surface area contributed by atoms with Gasteiger partial charge in [-0.05, 0) is 79.5 Å². The van der Waals surface area contributed by atoms with Crippen LogP contribution in [0.5, 0.6) is 0 Å². The molecule has 0 amide bonds. The summed E-state index contributed by atoms with van der Waals surface area (Å²) in [5, 5.41) is 0.366. The van der Waals surface area contributed by atoms with Crippen molar-refractivity contribution in [1.29, 1.82) is 0 Å². The van der Waals surface area contributed by atoms with Crippen molar-refractivity contribution < 1.29 is 8.95 Å². The number of aromatic nitrogens is 2. The second kappa shape index (κ2) is 9.55. The van der Waals surface area contributed by atoms with Crippen LogP contribution in [-0.4, -0.2) is 32.6 Å². The monoisotopic (exact) mass is 446 g/mol. The average Bonchev–Trinajstić information content (AvgIpc) is 3.60. The molecule has 2 aromatic heterocycles. The van der Waals surface area contributed by atoms with Gasteiger partial charge in [0, 0.05) is 41.2 Å². The first-order valence-electron chi connectivity index (χ1n) is 11.6. The molecule has 2 atom stereocenters. The molecular formula is C27H30N2O2S. The Morgan fingerprint density at radius 1 is 1.06 bits per heavy atom. The summed E-state index contributed by atoms with van der Waals surface area (Å²) in [5.41, 5.74) is 5.45. The standard InChI is InChI=1S/C27H30N2O2S/c1-2-19-3-10-26(28-18-19)27-12-11-25(29-27)24(17-20-13-15-31-16-14-20)21-4-6-22(7-5-21)32(30)23-8-9-23/h2-7,10-12,18,20,23-24,29H,1,8-9,13-17H2. The summed E-state index contributed by atoms with van der Waals surface area (Å²) < 4.78 is 18.1. The number of nitrogens with one attached hydrogen (secondary N) is 1. The molecule has 0 radical (unpaired) electrons. The zero-order valence-corrected chi connectivity index (χ0v) is 19.2. The van der Waals surface area contributed by atoms with Gasteiger partial charge in [0.25, 0.3) is 0 Å². The molecule has 4 nitrogen and oxygen atoms in total. The van der Waals surface area contributed by atoms with Gasteiger partial charge in [0.2, 0.25) is 0 Å². The molecule has 3 heterocycles. The Hall–Kier alpha value is -2.50. The minimum Gasteiger partial charge on any atom is -0.381 e. The highest BCUT2D eigenvalue weighted by Crippen LogP contribution is 2.36. The molecule has 1 aliphatic heterocycles. The van der Waals surface area contributed by atoms with Gasteiger partial charge in [-0.1, -0.05) is 30.9 Å². The maximum Gasteiger partial charge on any atom is 0.0864 e. The molecule has 166 valence electrons. The first kappa shape index (κ1) is 21.4. The number of rotatable bonds is 8. The third-order valence-corrected chi connectivity index (χ3v) is 8.45. The van der Waals surface area contributed by atoms with Crippen molar-refractivity contribution in [3.8, 4) is 11.4 Å². The van der Waals surface area contributed by atoms with E-state index in [1.54, 1.807) is 6.08 Å². The van der Waals surface area contributed by atoms with Gasteiger partial charge in [-0.2, -0.15) is 0 Å². The molecule has 1 N–H and O–H groups in total. The summed E-state index contributed by atoms with van der Waals surface area (Å²) in [5.74, 6) is 0.911. The average molecular weight is 447 g/mol. The zero-order valence-electron chi connectivity index (χ0n) is 18.3. The minimum atomic E-state index is -0.860. The summed E-state index contributed by atoms with van der Waals surface area (Å²) in [6.07, 6.45) is 9.14. The summed E-state index contributed by atoms with van der Waals surface area (Å²) in [7, 11) is -0.860. The van der Waals surface area contributed by atoms with E-state index in [0.717, 1.165) is 67.2 Å². The highest BCUT2D eigenvalue weighted by molar-refractivity contribution is 7.86. The third-order valence-electron chi connectivity index (χ3n) is 6.63. The van der Waals surface area contributed by atoms with Crippen LogP contribution in [0, 0.1) is 5.92 Å². The lowest BCUT2D eigenvalue weighted by Crippen LogP contribution is -2.18. The number of hydrogen-bond donors (Lipinski definition) is 1. The van der Waals surface area contributed by atoms with Gasteiger partial charge in [-0.25, -0.2) is 0 Å². The lowest BCUT2D eigenvalue weighted by atomic mass is 9.83. The number of aromatic amines is 1. The van der Waals surface area contributed by atoms with Crippen LogP contribution in [0.15, 0.2) is 66.2 Å². The van der Waals surface area contributed by atoms with Crippen molar-refractivity contribution in [3.05, 3.63) is 78.1 Å². The molecule has 5 heteroatoms. The third kappa shape index (κ3) is 4.79. The summed E-state index contributed by atoms with van der Waals surface area (Å²) in [6.45, 7) is 5.51. The van der Waals surface area contributed by atoms with E-state index in [1.165, 1.54) is 11.3 Å². The van der Waals surface area contributed by atoms with E-state index in [2.05, 4.69) is 52.9 Å². The second-order valence-electron chi connectivity index (χ2n) is 8.92.